The third-order valence-corrected chi connectivity index (χ3v) is 7.58. The van der Waals surface area contributed by atoms with Crippen LogP contribution in [0.15, 0.2) is 94.3 Å². The van der Waals surface area contributed by atoms with E-state index in [-0.39, 0.29) is 4.90 Å². The first kappa shape index (κ1) is 20.3. The van der Waals surface area contributed by atoms with Gasteiger partial charge >= 0.3 is 5.97 Å². The predicted molar refractivity (Wildman–Crippen MR) is 112 cm³/mol. The minimum Gasteiger partial charge on any atom is -0.452 e. The summed E-state index contributed by atoms with van der Waals surface area (Å²) < 4.78 is 32.7. The third kappa shape index (κ3) is 4.34. The van der Waals surface area contributed by atoms with Gasteiger partial charge in [-0.2, -0.15) is 0 Å². The highest BCUT2D eigenvalue weighted by molar-refractivity contribution is 9.10. The van der Waals surface area contributed by atoms with Crippen LogP contribution in [0.25, 0.3) is 0 Å². The summed E-state index contributed by atoms with van der Waals surface area (Å²) in [6.45, 7) is 1.56. The zero-order valence-corrected chi connectivity index (χ0v) is 17.6. The molecule has 0 amide bonds. The summed E-state index contributed by atoms with van der Waals surface area (Å²) in [6.07, 6.45) is -0.953. The molecule has 0 saturated heterocycles. The highest BCUT2D eigenvalue weighted by Crippen LogP contribution is 2.33. The monoisotopic (exact) mass is 458 g/mol. The van der Waals surface area contributed by atoms with Crippen molar-refractivity contribution in [3.05, 3.63) is 101 Å². The van der Waals surface area contributed by atoms with Gasteiger partial charge in [-0.15, -0.1) is 0 Å². The SMILES string of the molecule is CC(C(OC(=O)c1ccccc1)c1ccccc1)S(=O)(=O)c1ccccc1Br. The number of rotatable bonds is 6. The first-order valence-corrected chi connectivity index (χ1v) is 11.0. The molecule has 28 heavy (non-hydrogen) atoms. The Hall–Kier alpha value is -2.44. The van der Waals surface area contributed by atoms with E-state index in [2.05, 4.69) is 15.9 Å². The normalized spacial score (nSPS) is 13.5. The Morgan fingerprint density at radius 1 is 0.857 bits per heavy atom. The van der Waals surface area contributed by atoms with Gasteiger partial charge in [-0.1, -0.05) is 60.7 Å². The Bertz CT molecular complexity index is 1050. The molecule has 0 radical (unpaired) electrons. The van der Waals surface area contributed by atoms with E-state index in [0.29, 0.717) is 15.6 Å². The molecule has 3 aromatic rings. The molecular formula is C22H19BrO4S. The maximum Gasteiger partial charge on any atom is 0.338 e. The number of benzene rings is 3. The van der Waals surface area contributed by atoms with E-state index < -0.39 is 27.2 Å². The van der Waals surface area contributed by atoms with Crippen molar-refractivity contribution in [2.45, 2.75) is 23.2 Å². The number of carbonyl (C=O) groups excluding carboxylic acids is 1. The van der Waals surface area contributed by atoms with Crippen molar-refractivity contribution in [2.75, 3.05) is 0 Å². The lowest BCUT2D eigenvalue weighted by Gasteiger charge is -2.25. The average Bonchev–Trinajstić information content (AvgIpc) is 2.72. The van der Waals surface area contributed by atoms with Crippen molar-refractivity contribution in [1.29, 1.82) is 0 Å². The van der Waals surface area contributed by atoms with Crippen molar-refractivity contribution in [1.82, 2.24) is 0 Å². The summed E-state index contributed by atoms with van der Waals surface area (Å²) in [5.74, 6) is -0.566. The summed E-state index contributed by atoms with van der Waals surface area (Å²) >= 11 is 3.31. The fourth-order valence-corrected chi connectivity index (χ4v) is 5.38. The van der Waals surface area contributed by atoms with E-state index in [1.807, 2.05) is 6.07 Å². The van der Waals surface area contributed by atoms with Crippen LogP contribution < -0.4 is 0 Å². The van der Waals surface area contributed by atoms with Crippen LogP contribution in [-0.4, -0.2) is 19.6 Å². The fourth-order valence-electron chi connectivity index (χ4n) is 2.87. The van der Waals surface area contributed by atoms with Gasteiger partial charge in [0.25, 0.3) is 0 Å². The highest BCUT2D eigenvalue weighted by atomic mass is 79.9. The Morgan fingerprint density at radius 2 is 1.39 bits per heavy atom. The van der Waals surface area contributed by atoms with E-state index in [1.165, 1.54) is 6.07 Å². The molecule has 3 rings (SSSR count). The van der Waals surface area contributed by atoms with Gasteiger partial charge in [0.15, 0.2) is 9.84 Å². The minimum absolute atomic E-state index is 0.166. The van der Waals surface area contributed by atoms with Crippen LogP contribution in [0.3, 0.4) is 0 Å². The molecule has 0 aliphatic rings. The second-order valence-corrected chi connectivity index (χ2v) is 9.41. The summed E-state index contributed by atoms with van der Waals surface area (Å²) in [6, 6.07) is 24.1. The summed E-state index contributed by atoms with van der Waals surface area (Å²) in [7, 11) is -3.77. The Labute approximate surface area is 173 Å². The third-order valence-electron chi connectivity index (χ3n) is 4.43. The van der Waals surface area contributed by atoms with Crippen LogP contribution in [0.4, 0.5) is 0 Å². The Kier molecular flexibility index (Phi) is 6.31. The fraction of sp³-hybridized carbons (Fsp3) is 0.136. The van der Waals surface area contributed by atoms with Crippen molar-refractivity contribution in [3.8, 4) is 0 Å². The zero-order valence-electron chi connectivity index (χ0n) is 15.2. The van der Waals surface area contributed by atoms with Crippen LogP contribution >= 0.6 is 15.9 Å². The zero-order chi connectivity index (χ0) is 20.1. The maximum atomic E-state index is 13.3. The van der Waals surface area contributed by atoms with Gasteiger partial charge in [-0.05, 0) is 52.7 Å². The Balaban J connectivity index is 1.99. The van der Waals surface area contributed by atoms with Crippen LogP contribution in [0.5, 0.6) is 0 Å². The number of carbonyl (C=O) groups is 1. The molecule has 0 saturated carbocycles. The topological polar surface area (TPSA) is 60.4 Å². The molecule has 2 unspecified atom stereocenters. The minimum atomic E-state index is -3.77. The van der Waals surface area contributed by atoms with E-state index in [4.69, 9.17) is 4.74 Å². The summed E-state index contributed by atoms with van der Waals surface area (Å²) in [4.78, 5) is 12.8. The molecule has 0 aliphatic carbocycles. The van der Waals surface area contributed by atoms with Crippen LogP contribution in [0, 0.1) is 0 Å². The van der Waals surface area contributed by atoms with Crippen LogP contribution in [0.2, 0.25) is 0 Å². The lowest BCUT2D eigenvalue weighted by atomic mass is 10.1. The molecule has 4 nitrogen and oxygen atoms in total. The molecule has 144 valence electrons. The van der Waals surface area contributed by atoms with Crippen molar-refractivity contribution in [2.24, 2.45) is 0 Å². The first-order valence-electron chi connectivity index (χ1n) is 8.70. The molecule has 0 aliphatic heterocycles. The Morgan fingerprint density at radius 3 is 2.00 bits per heavy atom. The lowest BCUT2D eigenvalue weighted by molar-refractivity contribution is 0.0295. The molecule has 0 N–H and O–H groups in total. The van der Waals surface area contributed by atoms with Gasteiger partial charge in [0.1, 0.15) is 11.4 Å². The number of ether oxygens (including phenoxy) is 1. The van der Waals surface area contributed by atoms with E-state index in [9.17, 15) is 13.2 Å². The first-order chi connectivity index (χ1) is 13.4. The van der Waals surface area contributed by atoms with Gasteiger partial charge in [0, 0.05) is 4.47 Å². The van der Waals surface area contributed by atoms with E-state index in [0.717, 1.165) is 0 Å². The smallest absolute Gasteiger partial charge is 0.338 e. The lowest BCUT2D eigenvalue weighted by Crippen LogP contribution is -2.29. The second kappa shape index (κ2) is 8.71. The van der Waals surface area contributed by atoms with Gasteiger partial charge in [-0.3, -0.25) is 0 Å². The maximum absolute atomic E-state index is 13.3. The van der Waals surface area contributed by atoms with Gasteiger partial charge in [-0.25, -0.2) is 13.2 Å². The van der Waals surface area contributed by atoms with E-state index >= 15 is 0 Å². The van der Waals surface area contributed by atoms with Crippen LogP contribution in [0.1, 0.15) is 28.9 Å². The molecule has 0 spiro atoms. The predicted octanol–water partition coefficient (Wildman–Crippen LogP) is 5.21. The number of hydrogen-bond donors (Lipinski definition) is 0. The molecule has 0 aromatic heterocycles. The molecule has 3 aromatic carbocycles. The summed E-state index contributed by atoms with van der Waals surface area (Å²) in [5.41, 5.74) is 0.990. The van der Waals surface area contributed by atoms with Crippen molar-refractivity contribution < 1.29 is 17.9 Å². The second-order valence-electron chi connectivity index (χ2n) is 6.28. The highest BCUT2D eigenvalue weighted by Gasteiger charge is 2.35. The molecule has 2 atom stereocenters. The largest absolute Gasteiger partial charge is 0.452 e. The number of halogens is 1. The molecule has 0 bridgehead atoms. The average molecular weight is 459 g/mol. The molecule has 0 fully saturated rings. The summed E-state index contributed by atoms with van der Waals surface area (Å²) in [5, 5.41) is -0.985. The molecule has 0 heterocycles. The number of sulfone groups is 1. The quantitative estimate of drug-likeness (QED) is 0.475. The molecular weight excluding hydrogens is 440 g/mol. The van der Waals surface area contributed by atoms with Crippen molar-refractivity contribution >= 4 is 31.7 Å². The number of esters is 1. The standard InChI is InChI=1S/C22H19BrO4S/c1-16(28(25,26)20-15-9-8-14-19(20)23)21(17-10-4-2-5-11-17)27-22(24)18-12-6-3-7-13-18/h2-16,21H,1H3. The van der Waals surface area contributed by atoms with Gasteiger partial charge in [0.05, 0.1) is 10.5 Å². The number of hydrogen-bond acceptors (Lipinski definition) is 4. The van der Waals surface area contributed by atoms with Gasteiger partial charge < -0.3 is 4.74 Å². The van der Waals surface area contributed by atoms with Crippen molar-refractivity contribution in [3.63, 3.8) is 0 Å². The van der Waals surface area contributed by atoms with Crippen LogP contribution in [-0.2, 0) is 14.6 Å². The van der Waals surface area contributed by atoms with Gasteiger partial charge in [0.2, 0.25) is 0 Å². The van der Waals surface area contributed by atoms with E-state index in [1.54, 1.807) is 79.7 Å². The molecule has 6 heteroatoms.